The first-order chi connectivity index (χ1) is 15.4. The van der Waals surface area contributed by atoms with Crippen LogP contribution < -0.4 is 4.74 Å². The van der Waals surface area contributed by atoms with Gasteiger partial charge in [0.2, 0.25) is 5.91 Å². The minimum Gasteiger partial charge on any atom is -0.491 e. The van der Waals surface area contributed by atoms with Gasteiger partial charge in [-0.2, -0.15) is 5.11 Å². The Labute approximate surface area is 187 Å². The van der Waals surface area contributed by atoms with Gasteiger partial charge in [0, 0.05) is 13.1 Å². The SMILES string of the molecule is CCOC(=O)COC1CCN(C(=O)[C@H](C)N2CCOc3cc(CN=N)ccc3C2=O)CC1. The predicted molar refractivity (Wildman–Crippen MR) is 113 cm³/mol. The van der Waals surface area contributed by atoms with Crippen LogP contribution in [-0.2, 0) is 25.6 Å². The molecule has 0 radical (unpaired) electrons. The molecular formula is C22H30N4O6. The van der Waals surface area contributed by atoms with Gasteiger partial charge < -0.3 is 24.0 Å². The van der Waals surface area contributed by atoms with E-state index in [0.717, 1.165) is 5.56 Å². The standard InChI is InChI=1S/C22H30N4O6/c1-3-30-20(27)14-32-17-6-8-25(9-7-17)21(28)15(2)26-10-11-31-19-12-16(13-24-23)4-5-18(19)22(26)29/h4-5,12,15,17,23H,3,6-11,13-14H2,1-2H3/t15-/m0/s1. The number of esters is 1. The molecule has 0 spiro atoms. The van der Waals surface area contributed by atoms with Crippen molar-refractivity contribution in [1.82, 2.24) is 9.80 Å². The zero-order valence-electron chi connectivity index (χ0n) is 18.5. The second-order valence-electron chi connectivity index (χ2n) is 7.81. The molecule has 1 atom stereocenters. The molecule has 10 heteroatoms. The summed E-state index contributed by atoms with van der Waals surface area (Å²) in [5.41, 5.74) is 8.20. The molecule has 2 amide bonds. The lowest BCUT2D eigenvalue weighted by molar-refractivity contribution is -0.152. The third kappa shape index (κ3) is 5.61. The van der Waals surface area contributed by atoms with E-state index in [0.29, 0.717) is 50.4 Å². The van der Waals surface area contributed by atoms with Crippen molar-refractivity contribution in [2.75, 3.05) is 39.5 Å². The van der Waals surface area contributed by atoms with Crippen LogP contribution in [0, 0.1) is 5.53 Å². The number of carbonyl (C=O) groups is 3. The maximum absolute atomic E-state index is 13.1. The number of fused-ring (bicyclic) bond motifs is 1. The fourth-order valence-corrected chi connectivity index (χ4v) is 3.96. The summed E-state index contributed by atoms with van der Waals surface area (Å²) in [6.07, 6.45) is 1.16. The second-order valence-corrected chi connectivity index (χ2v) is 7.81. The normalized spacial score (nSPS) is 17.8. The van der Waals surface area contributed by atoms with Gasteiger partial charge in [0.05, 0.1) is 31.4 Å². The maximum Gasteiger partial charge on any atom is 0.332 e. The Balaban J connectivity index is 1.58. The third-order valence-corrected chi connectivity index (χ3v) is 5.71. The van der Waals surface area contributed by atoms with Gasteiger partial charge in [-0.15, -0.1) is 0 Å². The zero-order chi connectivity index (χ0) is 23.1. The molecule has 1 fully saturated rings. The Morgan fingerprint density at radius 1 is 1.28 bits per heavy atom. The average Bonchev–Trinajstić information content (AvgIpc) is 2.96. The Morgan fingerprint density at radius 2 is 2.03 bits per heavy atom. The van der Waals surface area contributed by atoms with E-state index in [1.807, 2.05) is 0 Å². The first-order valence-electron chi connectivity index (χ1n) is 10.9. The van der Waals surface area contributed by atoms with Crippen molar-refractivity contribution in [3.63, 3.8) is 0 Å². The monoisotopic (exact) mass is 446 g/mol. The van der Waals surface area contributed by atoms with E-state index in [2.05, 4.69) is 5.11 Å². The third-order valence-electron chi connectivity index (χ3n) is 5.71. The highest BCUT2D eigenvalue weighted by molar-refractivity contribution is 6.00. The summed E-state index contributed by atoms with van der Waals surface area (Å²) < 4.78 is 16.2. The van der Waals surface area contributed by atoms with Crippen LogP contribution in [0.4, 0.5) is 0 Å². The van der Waals surface area contributed by atoms with Gasteiger partial charge in [0.15, 0.2) is 0 Å². The number of rotatable bonds is 8. The molecule has 1 aromatic carbocycles. The summed E-state index contributed by atoms with van der Waals surface area (Å²) in [4.78, 5) is 41.0. The van der Waals surface area contributed by atoms with Gasteiger partial charge in [-0.25, -0.2) is 10.3 Å². The minimum absolute atomic E-state index is 0.0812. The smallest absolute Gasteiger partial charge is 0.332 e. The summed E-state index contributed by atoms with van der Waals surface area (Å²) in [6.45, 7) is 5.54. The number of likely N-dealkylation sites (tertiary alicyclic amines) is 1. The number of hydrogen-bond acceptors (Lipinski definition) is 8. The van der Waals surface area contributed by atoms with E-state index in [9.17, 15) is 14.4 Å². The number of ether oxygens (including phenoxy) is 3. The van der Waals surface area contributed by atoms with Gasteiger partial charge in [-0.3, -0.25) is 9.59 Å². The van der Waals surface area contributed by atoms with Crippen LogP contribution in [-0.4, -0.2) is 79.2 Å². The Morgan fingerprint density at radius 3 is 2.72 bits per heavy atom. The lowest BCUT2D eigenvalue weighted by Gasteiger charge is -2.36. The molecule has 2 heterocycles. The lowest BCUT2D eigenvalue weighted by atomic mass is 10.1. The quantitative estimate of drug-likeness (QED) is 0.482. The molecule has 1 N–H and O–H groups in total. The highest BCUT2D eigenvalue weighted by atomic mass is 16.6. The highest BCUT2D eigenvalue weighted by Gasteiger charge is 2.34. The van der Waals surface area contributed by atoms with Crippen molar-refractivity contribution in [1.29, 1.82) is 5.53 Å². The van der Waals surface area contributed by atoms with Crippen LogP contribution in [0.5, 0.6) is 5.75 Å². The molecule has 32 heavy (non-hydrogen) atoms. The van der Waals surface area contributed by atoms with Gasteiger partial charge in [0.1, 0.15) is 25.0 Å². The maximum atomic E-state index is 13.1. The van der Waals surface area contributed by atoms with E-state index in [1.165, 1.54) is 0 Å². The molecule has 0 aliphatic carbocycles. The predicted octanol–water partition coefficient (Wildman–Crippen LogP) is 2.01. The van der Waals surface area contributed by atoms with Crippen LogP contribution in [0.1, 0.15) is 42.6 Å². The van der Waals surface area contributed by atoms with E-state index in [1.54, 1.807) is 41.8 Å². The number of hydrogen-bond donors (Lipinski definition) is 1. The van der Waals surface area contributed by atoms with E-state index in [-0.39, 0.29) is 43.6 Å². The topological polar surface area (TPSA) is 122 Å². The molecule has 0 unspecified atom stereocenters. The number of nitrogens with one attached hydrogen (secondary N) is 1. The second kappa shape index (κ2) is 11.0. The Kier molecular flexibility index (Phi) is 8.15. The van der Waals surface area contributed by atoms with Crippen LogP contribution in [0.15, 0.2) is 23.3 Å². The van der Waals surface area contributed by atoms with E-state index >= 15 is 0 Å². The van der Waals surface area contributed by atoms with Gasteiger partial charge >= 0.3 is 5.97 Å². The summed E-state index contributed by atoms with van der Waals surface area (Å²) in [6, 6.07) is 4.51. The first kappa shape index (κ1) is 23.6. The van der Waals surface area contributed by atoms with Crippen molar-refractivity contribution >= 4 is 17.8 Å². The Hall–Kier alpha value is -3.01. The van der Waals surface area contributed by atoms with Crippen LogP contribution >= 0.6 is 0 Å². The molecular weight excluding hydrogens is 416 g/mol. The summed E-state index contributed by atoms with van der Waals surface area (Å²) >= 11 is 0. The minimum atomic E-state index is -0.628. The van der Waals surface area contributed by atoms with Crippen molar-refractivity contribution in [3.05, 3.63) is 29.3 Å². The number of piperidine rings is 1. The van der Waals surface area contributed by atoms with E-state index < -0.39 is 6.04 Å². The molecule has 174 valence electrons. The molecule has 0 aromatic heterocycles. The highest BCUT2D eigenvalue weighted by Crippen LogP contribution is 2.26. The first-order valence-corrected chi connectivity index (χ1v) is 10.9. The number of amides is 2. The number of benzene rings is 1. The van der Waals surface area contributed by atoms with Crippen molar-refractivity contribution in [2.45, 2.75) is 45.4 Å². The average molecular weight is 447 g/mol. The summed E-state index contributed by atoms with van der Waals surface area (Å²) in [5, 5.41) is 3.37. The van der Waals surface area contributed by atoms with Gasteiger partial charge in [-0.05, 0) is 44.4 Å². The van der Waals surface area contributed by atoms with Crippen LogP contribution in [0.2, 0.25) is 0 Å². The number of nitrogens with zero attached hydrogens (tertiary/aromatic N) is 3. The van der Waals surface area contributed by atoms with Gasteiger partial charge in [0.25, 0.3) is 5.91 Å². The van der Waals surface area contributed by atoms with Crippen molar-refractivity contribution in [3.8, 4) is 5.75 Å². The van der Waals surface area contributed by atoms with Crippen LogP contribution in [0.3, 0.4) is 0 Å². The molecule has 10 nitrogen and oxygen atoms in total. The fraction of sp³-hybridized carbons (Fsp3) is 0.591. The zero-order valence-corrected chi connectivity index (χ0v) is 18.5. The lowest BCUT2D eigenvalue weighted by Crippen LogP contribution is -2.52. The molecule has 1 aromatic rings. The number of carbonyl (C=O) groups excluding carboxylic acids is 3. The molecule has 2 aliphatic heterocycles. The summed E-state index contributed by atoms with van der Waals surface area (Å²) in [7, 11) is 0. The Bertz CT molecular complexity index is 853. The fourth-order valence-electron chi connectivity index (χ4n) is 3.96. The largest absolute Gasteiger partial charge is 0.491 e. The van der Waals surface area contributed by atoms with Crippen molar-refractivity contribution < 1.29 is 28.6 Å². The molecule has 0 bridgehead atoms. The van der Waals surface area contributed by atoms with Gasteiger partial charge in [-0.1, -0.05) is 6.07 Å². The molecule has 1 saturated heterocycles. The molecule has 3 rings (SSSR count). The van der Waals surface area contributed by atoms with Crippen molar-refractivity contribution in [2.24, 2.45) is 5.11 Å². The summed E-state index contributed by atoms with van der Waals surface area (Å²) in [5.74, 6) is -0.295. The molecule has 0 saturated carbocycles. The van der Waals surface area contributed by atoms with E-state index in [4.69, 9.17) is 19.7 Å². The molecule has 2 aliphatic rings. The van der Waals surface area contributed by atoms with Crippen LogP contribution in [0.25, 0.3) is 0 Å².